The average Bonchev–Trinajstić information content (AvgIpc) is 2.53. The summed E-state index contributed by atoms with van der Waals surface area (Å²) in [4.78, 5) is 0. The highest BCUT2D eigenvalue weighted by Crippen LogP contribution is 2.22. The van der Waals surface area contributed by atoms with Crippen LogP contribution < -0.4 is 10.1 Å². The van der Waals surface area contributed by atoms with Gasteiger partial charge >= 0.3 is 0 Å². The van der Waals surface area contributed by atoms with Gasteiger partial charge < -0.3 is 10.1 Å². The minimum atomic E-state index is 0.270. The summed E-state index contributed by atoms with van der Waals surface area (Å²) >= 11 is 6.14. The van der Waals surface area contributed by atoms with Crippen LogP contribution in [0.1, 0.15) is 29.7 Å². The molecule has 0 spiro atoms. The molecular formula is C17H17ClN2O. The van der Waals surface area contributed by atoms with Gasteiger partial charge in [-0.3, -0.25) is 0 Å². The molecule has 1 atom stereocenters. The van der Waals surface area contributed by atoms with Gasteiger partial charge in [0.25, 0.3) is 0 Å². The second-order valence-electron chi connectivity index (χ2n) is 4.79. The molecule has 0 amide bonds. The number of nitriles is 1. The van der Waals surface area contributed by atoms with Gasteiger partial charge in [-0.2, -0.15) is 5.26 Å². The van der Waals surface area contributed by atoms with E-state index < -0.39 is 0 Å². The lowest BCUT2D eigenvalue weighted by Gasteiger charge is -2.13. The van der Waals surface area contributed by atoms with E-state index in [1.54, 1.807) is 12.1 Å². The van der Waals surface area contributed by atoms with Crippen LogP contribution in [0, 0.1) is 11.3 Å². The number of benzene rings is 2. The minimum Gasteiger partial charge on any atom is -0.489 e. The van der Waals surface area contributed by atoms with Gasteiger partial charge in [-0.15, -0.1) is 0 Å². The molecule has 0 fully saturated rings. The Morgan fingerprint density at radius 2 is 2.10 bits per heavy atom. The van der Waals surface area contributed by atoms with Gasteiger partial charge in [-0.05, 0) is 43.8 Å². The number of nitrogens with one attached hydrogen (secondary N) is 1. The quantitative estimate of drug-likeness (QED) is 0.905. The van der Waals surface area contributed by atoms with E-state index in [0.29, 0.717) is 17.2 Å². The lowest BCUT2D eigenvalue weighted by molar-refractivity contribution is 0.305. The van der Waals surface area contributed by atoms with Crippen LogP contribution in [0.15, 0.2) is 42.5 Å². The molecule has 3 nitrogen and oxygen atoms in total. The summed E-state index contributed by atoms with van der Waals surface area (Å²) in [6.07, 6.45) is 0. The maximum atomic E-state index is 8.82. The molecule has 108 valence electrons. The van der Waals surface area contributed by atoms with Crippen molar-refractivity contribution < 1.29 is 4.74 Å². The van der Waals surface area contributed by atoms with Crippen molar-refractivity contribution >= 4 is 11.6 Å². The highest BCUT2D eigenvalue weighted by atomic mass is 35.5. The van der Waals surface area contributed by atoms with Crippen molar-refractivity contribution in [3.63, 3.8) is 0 Å². The number of nitrogens with zero attached hydrogens (tertiary/aromatic N) is 1. The zero-order chi connectivity index (χ0) is 15.2. The summed E-state index contributed by atoms with van der Waals surface area (Å²) < 4.78 is 5.79. The highest BCUT2D eigenvalue weighted by Gasteiger charge is 2.06. The predicted molar refractivity (Wildman–Crippen MR) is 84.4 cm³/mol. The topological polar surface area (TPSA) is 45.0 Å². The van der Waals surface area contributed by atoms with Crippen LogP contribution >= 0.6 is 11.6 Å². The van der Waals surface area contributed by atoms with Crippen LogP contribution in [0.2, 0.25) is 5.02 Å². The van der Waals surface area contributed by atoms with E-state index in [0.717, 1.165) is 11.3 Å². The standard InChI is InChI=1S/C17H17ClN2O/c1-12(20-2)14-4-3-5-16(9-14)21-11-15-7-6-13(10-19)8-17(15)18/h3-9,12,20H,11H2,1-2H3. The van der Waals surface area contributed by atoms with Gasteiger partial charge in [0, 0.05) is 16.6 Å². The summed E-state index contributed by atoms with van der Waals surface area (Å²) in [5.74, 6) is 0.801. The normalized spacial score (nSPS) is 11.7. The van der Waals surface area contributed by atoms with Crippen LogP contribution in [-0.2, 0) is 6.61 Å². The molecule has 2 aromatic carbocycles. The summed E-state index contributed by atoms with van der Waals surface area (Å²) in [6, 6.07) is 15.5. The summed E-state index contributed by atoms with van der Waals surface area (Å²) in [6.45, 7) is 2.47. The molecule has 0 aliphatic heterocycles. The summed E-state index contributed by atoms with van der Waals surface area (Å²) in [7, 11) is 1.93. The molecule has 2 rings (SSSR count). The van der Waals surface area contributed by atoms with Crippen LogP contribution in [0.4, 0.5) is 0 Å². The van der Waals surface area contributed by atoms with E-state index in [1.165, 1.54) is 5.56 Å². The van der Waals surface area contributed by atoms with Crippen molar-refractivity contribution in [2.24, 2.45) is 0 Å². The fraction of sp³-hybridized carbons (Fsp3) is 0.235. The van der Waals surface area contributed by atoms with Gasteiger partial charge in [0.05, 0.1) is 11.6 Å². The molecule has 0 aliphatic rings. The number of ether oxygens (including phenoxy) is 1. The molecule has 0 bridgehead atoms. The Bertz CT molecular complexity index is 664. The van der Waals surface area contributed by atoms with Crippen LogP contribution in [0.25, 0.3) is 0 Å². The molecule has 0 heterocycles. The largest absolute Gasteiger partial charge is 0.489 e. The Morgan fingerprint density at radius 3 is 2.76 bits per heavy atom. The van der Waals surface area contributed by atoms with Gasteiger partial charge in [0.15, 0.2) is 0 Å². The van der Waals surface area contributed by atoms with Crippen molar-refractivity contribution in [3.8, 4) is 11.8 Å². The van der Waals surface area contributed by atoms with E-state index in [2.05, 4.69) is 24.4 Å². The number of hydrogen-bond donors (Lipinski definition) is 1. The van der Waals surface area contributed by atoms with E-state index in [-0.39, 0.29) is 6.04 Å². The van der Waals surface area contributed by atoms with Crippen molar-refractivity contribution in [1.29, 1.82) is 5.26 Å². The molecule has 1 N–H and O–H groups in total. The zero-order valence-corrected chi connectivity index (χ0v) is 12.8. The van der Waals surface area contributed by atoms with E-state index in [1.807, 2.05) is 31.3 Å². The molecule has 0 saturated heterocycles. The first-order valence-electron chi connectivity index (χ1n) is 6.72. The molecule has 0 saturated carbocycles. The molecule has 21 heavy (non-hydrogen) atoms. The van der Waals surface area contributed by atoms with E-state index >= 15 is 0 Å². The molecule has 0 aromatic heterocycles. The van der Waals surface area contributed by atoms with Crippen LogP contribution in [0.3, 0.4) is 0 Å². The fourth-order valence-corrected chi connectivity index (χ4v) is 2.17. The third-order valence-electron chi connectivity index (χ3n) is 3.37. The second kappa shape index (κ2) is 7.12. The molecule has 4 heteroatoms. The monoisotopic (exact) mass is 300 g/mol. The van der Waals surface area contributed by atoms with Crippen molar-refractivity contribution in [3.05, 3.63) is 64.2 Å². The Morgan fingerprint density at radius 1 is 1.29 bits per heavy atom. The predicted octanol–water partition coefficient (Wildman–Crippen LogP) is 4.07. The maximum Gasteiger partial charge on any atom is 0.120 e. The van der Waals surface area contributed by atoms with E-state index in [9.17, 15) is 0 Å². The minimum absolute atomic E-state index is 0.270. The molecule has 1 unspecified atom stereocenters. The zero-order valence-electron chi connectivity index (χ0n) is 12.1. The third-order valence-corrected chi connectivity index (χ3v) is 3.72. The molecule has 2 aromatic rings. The van der Waals surface area contributed by atoms with E-state index in [4.69, 9.17) is 21.6 Å². The Kier molecular flexibility index (Phi) is 5.21. The second-order valence-corrected chi connectivity index (χ2v) is 5.20. The van der Waals surface area contributed by atoms with Crippen molar-refractivity contribution in [1.82, 2.24) is 5.32 Å². The van der Waals surface area contributed by atoms with Crippen molar-refractivity contribution in [2.75, 3.05) is 7.05 Å². The van der Waals surface area contributed by atoms with Gasteiger partial charge in [0.1, 0.15) is 12.4 Å². The molecule has 0 aliphatic carbocycles. The smallest absolute Gasteiger partial charge is 0.120 e. The Hall–Kier alpha value is -2.02. The van der Waals surface area contributed by atoms with Crippen LogP contribution in [-0.4, -0.2) is 7.05 Å². The SMILES string of the molecule is CNC(C)c1cccc(OCc2ccc(C#N)cc2Cl)c1. The van der Waals surface area contributed by atoms with Gasteiger partial charge in [0.2, 0.25) is 0 Å². The highest BCUT2D eigenvalue weighted by molar-refractivity contribution is 6.31. The Labute approximate surface area is 130 Å². The summed E-state index contributed by atoms with van der Waals surface area (Å²) in [5.41, 5.74) is 2.58. The fourth-order valence-electron chi connectivity index (χ4n) is 1.94. The third kappa shape index (κ3) is 3.98. The lowest BCUT2D eigenvalue weighted by Crippen LogP contribution is -2.12. The lowest BCUT2D eigenvalue weighted by atomic mass is 10.1. The maximum absolute atomic E-state index is 8.82. The average molecular weight is 301 g/mol. The number of rotatable bonds is 5. The van der Waals surface area contributed by atoms with Crippen molar-refractivity contribution in [2.45, 2.75) is 19.6 Å². The Balaban J connectivity index is 2.08. The first kappa shape index (κ1) is 15.4. The summed E-state index contributed by atoms with van der Waals surface area (Å²) in [5, 5.41) is 12.6. The molecule has 0 radical (unpaired) electrons. The molecular weight excluding hydrogens is 284 g/mol. The first-order chi connectivity index (χ1) is 10.1. The van der Waals surface area contributed by atoms with Gasteiger partial charge in [-0.1, -0.05) is 29.8 Å². The first-order valence-corrected chi connectivity index (χ1v) is 7.10. The number of hydrogen-bond acceptors (Lipinski definition) is 3. The number of halogens is 1. The van der Waals surface area contributed by atoms with Gasteiger partial charge in [-0.25, -0.2) is 0 Å². The van der Waals surface area contributed by atoms with Crippen LogP contribution in [0.5, 0.6) is 5.75 Å².